The highest BCUT2D eigenvalue weighted by molar-refractivity contribution is 5.98. The number of para-hydroxylation sites is 1. The van der Waals surface area contributed by atoms with Crippen LogP contribution in [-0.2, 0) is 27.3 Å². The highest BCUT2D eigenvalue weighted by atomic mass is 16.2. The average molecular weight is 461 g/mol. The van der Waals surface area contributed by atoms with Gasteiger partial charge in [0.1, 0.15) is 6.04 Å². The summed E-state index contributed by atoms with van der Waals surface area (Å²) in [6, 6.07) is 14.7. The number of carbonyl (C=O) groups excluding carboxylic acids is 3. The largest absolute Gasteiger partial charge is 0.361 e. The molecule has 0 radical (unpaired) electrons. The van der Waals surface area contributed by atoms with Crippen LogP contribution in [0.25, 0.3) is 10.9 Å². The van der Waals surface area contributed by atoms with Gasteiger partial charge in [0.05, 0.1) is 0 Å². The summed E-state index contributed by atoms with van der Waals surface area (Å²) in [5.74, 6) is -0.498. The molecule has 1 unspecified atom stereocenters. The number of carbonyl (C=O) groups is 3. The predicted octanol–water partition coefficient (Wildman–Crippen LogP) is 4.00. The first-order valence-corrected chi connectivity index (χ1v) is 11.9. The van der Waals surface area contributed by atoms with Gasteiger partial charge in [-0.25, -0.2) is 0 Å². The van der Waals surface area contributed by atoms with Crippen molar-refractivity contribution in [2.75, 3.05) is 11.9 Å². The molecule has 34 heavy (non-hydrogen) atoms. The fourth-order valence-electron chi connectivity index (χ4n) is 4.29. The number of aromatic amines is 1. The highest BCUT2D eigenvalue weighted by Gasteiger charge is 2.24. The van der Waals surface area contributed by atoms with Crippen molar-refractivity contribution in [3.8, 4) is 0 Å². The minimum absolute atomic E-state index is 0.169. The summed E-state index contributed by atoms with van der Waals surface area (Å²) >= 11 is 0. The molecule has 0 spiro atoms. The number of aromatic nitrogens is 1. The normalized spacial score (nSPS) is 14.9. The van der Waals surface area contributed by atoms with Gasteiger partial charge in [-0.05, 0) is 42.2 Å². The molecule has 1 aliphatic rings. The lowest BCUT2D eigenvalue weighted by atomic mass is 10.0. The van der Waals surface area contributed by atoms with Crippen LogP contribution in [0.15, 0.2) is 54.7 Å². The van der Waals surface area contributed by atoms with E-state index in [1.807, 2.05) is 59.6 Å². The van der Waals surface area contributed by atoms with E-state index in [0.717, 1.165) is 41.4 Å². The van der Waals surface area contributed by atoms with E-state index in [4.69, 9.17) is 0 Å². The summed E-state index contributed by atoms with van der Waals surface area (Å²) in [6.07, 6.45) is 4.83. The van der Waals surface area contributed by atoms with Crippen LogP contribution in [0.1, 0.15) is 44.2 Å². The van der Waals surface area contributed by atoms with Gasteiger partial charge in [-0.2, -0.15) is 0 Å². The van der Waals surface area contributed by atoms with Gasteiger partial charge < -0.3 is 20.5 Å². The lowest BCUT2D eigenvalue weighted by Gasteiger charge is -2.27. The Kier molecular flexibility index (Phi) is 7.30. The van der Waals surface area contributed by atoms with Gasteiger partial charge in [0.25, 0.3) is 0 Å². The summed E-state index contributed by atoms with van der Waals surface area (Å²) in [7, 11) is 0. The molecule has 1 aliphatic heterocycles. The molecular weight excluding hydrogens is 428 g/mol. The summed E-state index contributed by atoms with van der Waals surface area (Å²) in [6.45, 7) is 4.91. The third kappa shape index (κ3) is 5.65. The molecule has 1 aromatic heterocycles. The van der Waals surface area contributed by atoms with Gasteiger partial charge in [0.2, 0.25) is 17.7 Å². The van der Waals surface area contributed by atoms with Crippen LogP contribution in [0.3, 0.4) is 0 Å². The van der Waals surface area contributed by atoms with Crippen LogP contribution in [-0.4, -0.2) is 40.2 Å². The van der Waals surface area contributed by atoms with E-state index < -0.39 is 6.04 Å². The third-order valence-electron chi connectivity index (χ3n) is 6.25. The van der Waals surface area contributed by atoms with E-state index >= 15 is 0 Å². The molecule has 0 saturated carbocycles. The Morgan fingerprint density at radius 3 is 2.68 bits per heavy atom. The van der Waals surface area contributed by atoms with Gasteiger partial charge in [-0.1, -0.05) is 44.2 Å². The third-order valence-corrected chi connectivity index (χ3v) is 6.25. The molecular formula is C27H32N4O3. The first-order valence-electron chi connectivity index (χ1n) is 11.9. The standard InChI is InChI=1S/C27H32N4O3/c1-18(2)26(33)30-24(15-20-16-28-23-11-4-3-10-22(20)23)27(34)29-21-9-7-8-19(14-21)17-31-13-6-5-12-25(31)32/h3-4,7-11,14,16,18,24,28H,5-6,12-13,15,17H2,1-2H3,(H,29,34)(H,30,33). The highest BCUT2D eigenvalue weighted by Crippen LogP contribution is 2.21. The Balaban J connectivity index is 1.50. The van der Waals surface area contributed by atoms with Crippen molar-refractivity contribution in [3.05, 3.63) is 65.9 Å². The van der Waals surface area contributed by atoms with Crippen LogP contribution >= 0.6 is 0 Å². The van der Waals surface area contributed by atoms with Crippen molar-refractivity contribution in [1.82, 2.24) is 15.2 Å². The van der Waals surface area contributed by atoms with E-state index in [9.17, 15) is 14.4 Å². The first kappa shape index (κ1) is 23.5. The zero-order valence-electron chi connectivity index (χ0n) is 19.8. The van der Waals surface area contributed by atoms with Crippen LogP contribution in [0.2, 0.25) is 0 Å². The summed E-state index contributed by atoms with van der Waals surface area (Å²) in [4.78, 5) is 43.0. The molecule has 1 saturated heterocycles. The van der Waals surface area contributed by atoms with E-state index in [0.29, 0.717) is 25.1 Å². The number of piperidine rings is 1. The maximum Gasteiger partial charge on any atom is 0.247 e. The molecule has 4 rings (SSSR count). The number of anilines is 1. The molecule has 3 amide bonds. The van der Waals surface area contributed by atoms with Gasteiger partial charge in [-0.15, -0.1) is 0 Å². The maximum atomic E-state index is 13.3. The SMILES string of the molecule is CC(C)C(=O)NC(Cc1c[nH]c2ccccc12)C(=O)Nc1cccc(CN2CCCCC2=O)c1. The number of hydrogen-bond acceptors (Lipinski definition) is 3. The van der Waals surface area contributed by atoms with Crippen molar-refractivity contribution in [1.29, 1.82) is 0 Å². The second-order valence-electron chi connectivity index (χ2n) is 9.24. The molecule has 7 nitrogen and oxygen atoms in total. The van der Waals surface area contributed by atoms with Crippen molar-refractivity contribution < 1.29 is 14.4 Å². The Hall–Kier alpha value is -3.61. The quantitative estimate of drug-likeness (QED) is 0.474. The average Bonchev–Trinajstić information content (AvgIpc) is 3.23. The molecule has 0 bridgehead atoms. The number of nitrogens with zero attached hydrogens (tertiary/aromatic N) is 1. The van der Waals surface area contributed by atoms with Crippen molar-refractivity contribution in [3.63, 3.8) is 0 Å². The number of rotatable bonds is 8. The summed E-state index contributed by atoms with van der Waals surface area (Å²) in [5, 5.41) is 6.91. The van der Waals surface area contributed by atoms with Crippen LogP contribution < -0.4 is 10.6 Å². The summed E-state index contributed by atoms with van der Waals surface area (Å²) < 4.78 is 0. The minimum atomic E-state index is -0.721. The maximum absolute atomic E-state index is 13.3. The Labute approximate surface area is 199 Å². The summed E-state index contributed by atoms with van der Waals surface area (Å²) in [5.41, 5.74) is 3.58. The van der Waals surface area contributed by atoms with Crippen LogP contribution in [0, 0.1) is 5.92 Å². The first-order chi connectivity index (χ1) is 16.4. The number of H-pyrrole nitrogens is 1. The molecule has 1 fully saturated rings. The Morgan fingerprint density at radius 2 is 1.88 bits per heavy atom. The smallest absolute Gasteiger partial charge is 0.247 e. The number of fused-ring (bicyclic) bond motifs is 1. The Morgan fingerprint density at radius 1 is 1.06 bits per heavy atom. The number of benzene rings is 2. The fraction of sp³-hybridized carbons (Fsp3) is 0.370. The lowest BCUT2D eigenvalue weighted by molar-refractivity contribution is -0.133. The van der Waals surface area contributed by atoms with Crippen LogP contribution in [0.4, 0.5) is 5.69 Å². The molecule has 0 aliphatic carbocycles. The Bertz CT molecular complexity index is 1180. The van der Waals surface area contributed by atoms with E-state index in [1.54, 1.807) is 13.8 Å². The number of likely N-dealkylation sites (tertiary alicyclic amines) is 1. The minimum Gasteiger partial charge on any atom is -0.361 e. The van der Waals surface area contributed by atoms with E-state index in [1.165, 1.54) is 0 Å². The predicted molar refractivity (Wildman–Crippen MR) is 133 cm³/mol. The molecule has 1 atom stereocenters. The molecule has 2 heterocycles. The topological polar surface area (TPSA) is 94.3 Å². The van der Waals surface area contributed by atoms with Gasteiger partial charge in [-0.3, -0.25) is 14.4 Å². The molecule has 2 aromatic carbocycles. The number of amides is 3. The zero-order chi connectivity index (χ0) is 24.1. The monoisotopic (exact) mass is 460 g/mol. The molecule has 178 valence electrons. The van der Waals surface area contributed by atoms with Crippen molar-refractivity contribution >= 4 is 34.3 Å². The lowest BCUT2D eigenvalue weighted by Crippen LogP contribution is -2.46. The van der Waals surface area contributed by atoms with Gasteiger partial charge in [0.15, 0.2) is 0 Å². The molecule has 7 heteroatoms. The van der Waals surface area contributed by atoms with E-state index in [-0.39, 0.29) is 23.6 Å². The number of hydrogen-bond donors (Lipinski definition) is 3. The van der Waals surface area contributed by atoms with Crippen molar-refractivity contribution in [2.24, 2.45) is 5.92 Å². The second-order valence-corrected chi connectivity index (χ2v) is 9.24. The molecule has 3 aromatic rings. The van der Waals surface area contributed by atoms with Crippen molar-refractivity contribution in [2.45, 2.75) is 52.1 Å². The van der Waals surface area contributed by atoms with Gasteiger partial charge in [0, 0.05) is 54.6 Å². The zero-order valence-corrected chi connectivity index (χ0v) is 19.8. The number of nitrogens with one attached hydrogen (secondary N) is 3. The van der Waals surface area contributed by atoms with E-state index in [2.05, 4.69) is 15.6 Å². The fourth-order valence-corrected chi connectivity index (χ4v) is 4.29. The molecule has 3 N–H and O–H groups in total. The van der Waals surface area contributed by atoms with Gasteiger partial charge >= 0.3 is 0 Å². The van der Waals surface area contributed by atoms with Crippen LogP contribution in [0.5, 0.6) is 0 Å². The second kappa shape index (κ2) is 10.5.